The molecule has 1 aliphatic rings. The smallest absolute Gasteiger partial charge is 0.176 e. The summed E-state index contributed by atoms with van der Waals surface area (Å²) >= 11 is 0. The molecule has 33 heavy (non-hydrogen) atoms. The minimum Gasteiger partial charge on any atom is -0.282 e. The first-order valence-electron chi connectivity index (χ1n) is 11.9. The van der Waals surface area contributed by atoms with Crippen LogP contribution in [0.2, 0.25) is 0 Å². The van der Waals surface area contributed by atoms with E-state index in [1.165, 1.54) is 36.0 Å². The molecule has 5 nitrogen and oxygen atoms in total. The number of tetrazole rings is 1. The van der Waals surface area contributed by atoms with Crippen molar-refractivity contribution < 1.29 is 0 Å². The Balaban J connectivity index is 1.62. The van der Waals surface area contributed by atoms with E-state index in [4.69, 9.17) is 5.10 Å². The predicted octanol–water partition coefficient (Wildman–Crippen LogP) is 5.83. The van der Waals surface area contributed by atoms with Crippen molar-refractivity contribution in [3.05, 3.63) is 107 Å². The molecule has 0 spiro atoms. The highest BCUT2D eigenvalue weighted by atomic mass is 15.6. The van der Waals surface area contributed by atoms with Crippen LogP contribution >= 0.6 is 0 Å². The lowest BCUT2D eigenvalue weighted by Gasteiger charge is -2.45. The molecule has 1 aliphatic carbocycles. The molecule has 0 bridgehead atoms. The summed E-state index contributed by atoms with van der Waals surface area (Å²) in [5.41, 5.74) is 4.63. The summed E-state index contributed by atoms with van der Waals surface area (Å²) in [7, 11) is 0. The maximum atomic E-state index is 4.69. The normalized spacial score (nSPS) is 15.6. The lowest BCUT2D eigenvalue weighted by atomic mass is 9.78. The molecule has 0 unspecified atom stereocenters. The zero-order valence-corrected chi connectivity index (χ0v) is 19.3. The van der Waals surface area contributed by atoms with Gasteiger partial charge in [-0.15, -0.1) is 5.10 Å². The van der Waals surface area contributed by atoms with Crippen molar-refractivity contribution in [1.82, 2.24) is 25.1 Å². The van der Waals surface area contributed by atoms with Gasteiger partial charge in [-0.1, -0.05) is 98.1 Å². The lowest BCUT2D eigenvalue weighted by molar-refractivity contribution is 0.0219. The Bertz CT molecular complexity index is 1120. The van der Waals surface area contributed by atoms with E-state index in [2.05, 4.69) is 107 Å². The van der Waals surface area contributed by atoms with E-state index in [-0.39, 0.29) is 5.54 Å². The van der Waals surface area contributed by atoms with E-state index in [1.807, 2.05) is 4.68 Å². The van der Waals surface area contributed by atoms with Crippen LogP contribution in [0.4, 0.5) is 0 Å². The molecule has 3 aromatic carbocycles. The van der Waals surface area contributed by atoms with Crippen molar-refractivity contribution in [2.45, 2.75) is 57.7 Å². The number of aryl methyl sites for hydroxylation is 1. The lowest BCUT2D eigenvalue weighted by Crippen LogP contribution is -2.48. The van der Waals surface area contributed by atoms with E-state index < -0.39 is 0 Å². The summed E-state index contributed by atoms with van der Waals surface area (Å²) in [4.78, 5) is 2.62. The van der Waals surface area contributed by atoms with Crippen LogP contribution in [0.3, 0.4) is 0 Å². The molecule has 4 aromatic rings. The molecule has 0 saturated heterocycles. The van der Waals surface area contributed by atoms with E-state index in [0.717, 1.165) is 37.4 Å². The molecule has 0 aliphatic heterocycles. The van der Waals surface area contributed by atoms with E-state index in [1.54, 1.807) is 0 Å². The molecule has 1 fully saturated rings. The van der Waals surface area contributed by atoms with Crippen LogP contribution in [-0.4, -0.2) is 25.1 Å². The van der Waals surface area contributed by atoms with Gasteiger partial charge in [0.2, 0.25) is 0 Å². The summed E-state index contributed by atoms with van der Waals surface area (Å²) < 4.78 is 1.99. The van der Waals surface area contributed by atoms with E-state index in [0.29, 0.717) is 0 Å². The Morgan fingerprint density at radius 1 is 0.758 bits per heavy atom. The molecular formula is C28H31N5. The number of rotatable bonds is 7. The zero-order valence-electron chi connectivity index (χ0n) is 19.3. The number of para-hydroxylation sites is 1. The molecule has 0 radical (unpaired) electrons. The van der Waals surface area contributed by atoms with Crippen molar-refractivity contribution in [3.63, 3.8) is 0 Å². The Hall–Kier alpha value is -3.31. The van der Waals surface area contributed by atoms with Crippen molar-refractivity contribution >= 4 is 0 Å². The molecule has 1 aromatic heterocycles. The first kappa shape index (κ1) is 21.5. The van der Waals surface area contributed by atoms with Gasteiger partial charge in [0.15, 0.2) is 5.82 Å². The fourth-order valence-corrected chi connectivity index (χ4v) is 5.22. The highest BCUT2D eigenvalue weighted by molar-refractivity contribution is 5.40. The topological polar surface area (TPSA) is 46.8 Å². The van der Waals surface area contributed by atoms with E-state index in [9.17, 15) is 0 Å². The van der Waals surface area contributed by atoms with Gasteiger partial charge in [0.1, 0.15) is 0 Å². The fourth-order valence-electron chi connectivity index (χ4n) is 5.22. The summed E-state index contributed by atoms with van der Waals surface area (Å²) in [5.74, 6) is 0.961. The van der Waals surface area contributed by atoms with Crippen LogP contribution in [0.25, 0.3) is 5.69 Å². The maximum absolute atomic E-state index is 4.69. The van der Waals surface area contributed by atoms with Crippen molar-refractivity contribution in [1.29, 1.82) is 0 Å². The first-order chi connectivity index (χ1) is 16.3. The van der Waals surface area contributed by atoms with Gasteiger partial charge >= 0.3 is 0 Å². The minimum absolute atomic E-state index is 0.226. The average Bonchev–Trinajstić information content (AvgIpc) is 3.36. The van der Waals surface area contributed by atoms with Crippen LogP contribution < -0.4 is 0 Å². The Morgan fingerprint density at radius 3 is 1.94 bits per heavy atom. The molecular weight excluding hydrogens is 406 g/mol. The second-order valence-electron chi connectivity index (χ2n) is 9.12. The van der Waals surface area contributed by atoms with Crippen LogP contribution in [0, 0.1) is 6.92 Å². The highest BCUT2D eigenvalue weighted by Crippen LogP contribution is 2.43. The molecule has 1 heterocycles. The summed E-state index contributed by atoms with van der Waals surface area (Å²) in [6, 6.07) is 29.9. The minimum atomic E-state index is -0.226. The monoisotopic (exact) mass is 437 g/mol. The van der Waals surface area contributed by atoms with Crippen LogP contribution in [0.1, 0.15) is 54.6 Å². The average molecular weight is 438 g/mol. The first-order valence-corrected chi connectivity index (χ1v) is 11.9. The van der Waals surface area contributed by atoms with Crippen LogP contribution in [-0.2, 0) is 18.6 Å². The number of hydrogen-bond donors (Lipinski definition) is 0. The molecule has 5 rings (SSSR count). The third-order valence-corrected chi connectivity index (χ3v) is 6.95. The number of nitrogens with zero attached hydrogens (tertiary/aromatic N) is 5. The number of aromatic nitrogens is 4. The molecule has 5 heteroatoms. The highest BCUT2D eigenvalue weighted by Gasteiger charge is 2.44. The Labute approximate surface area is 196 Å². The van der Waals surface area contributed by atoms with Gasteiger partial charge in [0.05, 0.1) is 11.2 Å². The van der Waals surface area contributed by atoms with Crippen molar-refractivity contribution in [2.75, 3.05) is 0 Å². The van der Waals surface area contributed by atoms with Gasteiger partial charge in [0, 0.05) is 13.1 Å². The van der Waals surface area contributed by atoms with Gasteiger partial charge in [-0.3, -0.25) is 4.90 Å². The van der Waals surface area contributed by atoms with Gasteiger partial charge < -0.3 is 0 Å². The largest absolute Gasteiger partial charge is 0.282 e. The van der Waals surface area contributed by atoms with E-state index >= 15 is 0 Å². The maximum Gasteiger partial charge on any atom is 0.176 e. The Morgan fingerprint density at radius 2 is 1.33 bits per heavy atom. The molecule has 0 atom stereocenters. The second-order valence-corrected chi connectivity index (χ2v) is 9.12. The summed E-state index contributed by atoms with van der Waals surface area (Å²) in [6.07, 6.45) is 5.73. The summed E-state index contributed by atoms with van der Waals surface area (Å²) in [5, 5.41) is 13.4. The number of hydrogen-bond acceptors (Lipinski definition) is 4. The quantitative estimate of drug-likeness (QED) is 0.365. The van der Waals surface area contributed by atoms with Crippen molar-refractivity contribution in [2.24, 2.45) is 0 Å². The van der Waals surface area contributed by atoms with Gasteiger partial charge in [-0.05, 0) is 52.9 Å². The van der Waals surface area contributed by atoms with Crippen molar-refractivity contribution in [3.8, 4) is 5.69 Å². The standard InChI is InChI=1S/C28H31N5/c1-23-13-9-10-18-26(23)33-27(29-30-31-33)28(19-11-4-12-20-28)32(21-24-14-5-2-6-15-24)22-25-16-7-3-8-17-25/h2-3,5-10,13-18H,4,11-12,19-22H2,1H3. The third kappa shape index (κ3) is 4.46. The molecule has 0 N–H and O–H groups in total. The SMILES string of the molecule is Cc1ccccc1-n1nnnc1C1(N(Cc2ccccc2)Cc2ccccc2)CCCCC1. The van der Waals surface area contributed by atoms with Gasteiger partial charge in [-0.2, -0.15) is 4.68 Å². The molecule has 1 saturated carbocycles. The molecule has 0 amide bonds. The fraction of sp³-hybridized carbons (Fsp3) is 0.321. The van der Waals surface area contributed by atoms with Crippen LogP contribution in [0.15, 0.2) is 84.9 Å². The third-order valence-electron chi connectivity index (χ3n) is 6.95. The zero-order chi connectivity index (χ0) is 22.5. The van der Waals surface area contributed by atoms with Gasteiger partial charge in [0.25, 0.3) is 0 Å². The Kier molecular flexibility index (Phi) is 6.31. The predicted molar refractivity (Wildman–Crippen MR) is 131 cm³/mol. The van der Waals surface area contributed by atoms with Gasteiger partial charge in [-0.25, -0.2) is 0 Å². The molecule has 168 valence electrons. The van der Waals surface area contributed by atoms with Crippen LogP contribution in [0.5, 0.6) is 0 Å². The summed E-state index contributed by atoms with van der Waals surface area (Å²) in [6.45, 7) is 3.84. The second kappa shape index (κ2) is 9.67. The number of benzene rings is 3.